The van der Waals surface area contributed by atoms with Crippen LogP contribution in [0.15, 0.2) is 28.7 Å². The first kappa shape index (κ1) is 14.9. The molecule has 2 atom stereocenters. The quantitative estimate of drug-likeness (QED) is 0.636. The summed E-state index contributed by atoms with van der Waals surface area (Å²) >= 11 is 3.45. The molecule has 2 unspecified atom stereocenters. The predicted molar refractivity (Wildman–Crippen MR) is 80.8 cm³/mol. The molecular weight excluding hydrogens is 306 g/mol. The lowest BCUT2D eigenvalue weighted by atomic mass is 10.0. The van der Waals surface area contributed by atoms with E-state index in [0.29, 0.717) is 0 Å². The third-order valence-electron chi connectivity index (χ3n) is 3.66. The van der Waals surface area contributed by atoms with E-state index >= 15 is 0 Å². The number of benzene rings is 1. The summed E-state index contributed by atoms with van der Waals surface area (Å²) in [6.07, 6.45) is 1.04. The second-order valence-electron chi connectivity index (χ2n) is 4.91. The molecule has 19 heavy (non-hydrogen) atoms. The van der Waals surface area contributed by atoms with E-state index < -0.39 is 0 Å². The Hall–Kier alpha value is -0.460. The first-order valence-electron chi connectivity index (χ1n) is 6.77. The number of ether oxygens (including phenoxy) is 1. The van der Waals surface area contributed by atoms with Crippen LogP contribution < -0.4 is 11.3 Å². The average molecular weight is 328 g/mol. The zero-order valence-electron chi connectivity index (χ0n) is 11.3. The zero-order valence-corrected chi connectivity index (χ0v) is 12.9. The van der Waals surface area contributed by atoms with Gasteiger partial charge in [-0.05, 0) is 30.7 Å². The monoisotopic (exact) mass is 327 g/mol. The summed E-state index contributed by atoms with van der Waals surface area (Å²) in [6.45, 7) is 6.00. The molecule has 106 valence electrons. The lowest BCUT2D eigenvalue weighted by Crippen LogP contribution is -2.54. The van der Waals surface area contributed by atoms with Gasteiger partial charge >= 0.3 is 0 Å². The number of hydrogen-bond donors (Lipinski definition) is 2. The molecule has 0 aromatic heterocycles. The van der Waals surface area contributed by atoms with Gasteiger partial charge in [-0.25, -0.2) is 0 Å². The number of hydrazine groups is 1. The molecule has 1 saturated heterocycles. The van der Waals surface area contributed by atoms with Crippen LogP contribution in [0.25, 0.3) is 0 Å². The lowest BCUT2D eigenvalue weighted by Gasteiger charge is -2.36. The Morgan fingerprint density at radius 2 is 2.21 bits per heavy atom. The van der Waals surface area contributed by atoms with Crippen molar-refractivity contribution in [1.29, 1.82) is 0 Å². The van der Waals surface area contributed by atoms with Crippen molar-refractivity contribution in [3.63, 3.8) is 0 Å². The SMILES string of the molecule is CCN1CCOC(C(Cc2ccc(Br)cc2)NN)C1. The normalized spacial score (nSPS) is 22.4. The largest absolute Gasteiger partial charge is 0.374 e. The van der Waals surface area contributed by atoms with Crippen molar-refractivity contribution >= 4 is 15.9 Å². The van der Waals surface area contributed by atoms with Gasteiger partial charge in [0.25, 0.3) is 0 Å². The Labute approximate surface area is 123 Å². The van der Waals surface area contributed by atoms with E-state index in [9.17, 15) is 0 Å². The van der Waals surface area contributed by atoms with Crippen LogP contribution in [0.5, 0.6) is 0 Å². The van der Waals surface area contributed by atoms with Gasteiger partial charge in [0, 0.05) is 17.6 Å². The van der Waals surface area contributed by atoms with E-state index in [1.165, 1.54) is 5.56 Å². The van der Waals surface area contributed by atoms with Gasteiger partial charge in [0.05, 0.1) is 18.8 Å². The predicted octanol–water partition coefficient (Wildman–Crippen LogP) is 1.54. The minimum Gasteiger partial charge on any atom is -0.374 e. The first-order valence-corrected chi connectivity index (χ1v) is 7.56. The first-order chi connectivity index (χ1) is 9.22. The van der Waals surface area contributed by atoms with Gasteiger partial charge in [-0.15, -0.1) is 0 Å². The summed E-state index contributed by atoms with van der Waals surface area (Å²) in [7, 11) is 0. The number of halogens is 1. The smallest absolute Gasteiger partial charge is 0.0871 e. The van der Waals surface area contributed by atoms with Gasteiger partial charge in [0.2, 0.25) is 0 Å². The molecule has 0 amide bonds. The van der Waals surface area contributed by atoms with Crippen LogP contribution >= 0.6 is 15.9 Å². The van der Waals surface area contributed by atoms with E-state index in [-0.39, 0.29) is 12.1 Å². The summed E-state index contributed by atoms with van der Waals surface area (Å²) < 4.78 is 6.96. The van der Waals surface area contributed by atoms with Crippen LogP contribution in [0, 0.1) is 0 Å². The Kier molecular flexibility index (Phi) is 5.78. The molecule has 5 heteroatoms. The fourth-order valence-corrected chi connectivity index (χ4v) is 2.70. The van der Waals surface area contributed by atoms with Crippen molar-refractivity contribution < 1.29 is 4.74 Å². The number of morpholine rings is 1. The summed E-state index contributed by atoms with van der Waals surface area (Å²) in [4.78, 5) is 2.40. The molecule has 1 aromatic rings. The maximum Gasteiger partial charge on any atom is 0.0871 e. The third kappa shape index (κ3) is 4.26. The highest BCUT2D eigenvalue weighted by Crippen LogP contribution is 2.15. The maximum absolute atomic E-state index is 5.87. The van der Waals surface area contributed by atoms with Gasteiger partial charge in [-0.3, -0.25) is 16.2 Å². The molecular formula is C14H22BrN3O. The van der Waals surface area contributed by atoms with Crippen molar-refractivity contribution in [2.75, 3.05) is 26.2 Å². The van der Waals surface area contributed by atoms with Crippen molar-refractivity contribution in [3.8, 4) is 0 Å². The molecule has 2 rings (SSSR count). The van der Waals surface area contributed by atoms with E-state index in [1.807, 2.05) is 0 Å². The van der Waals surface area contributed by atoms with E-state index in [4.69, 9.17) is 10.6 Å². The molecule has 1 heterocycles. The number of rotatable bonds is 5. The lowest BCUT2D eigenvalue weighted by molar-refractivity contribution is -0.0447. The van der Waals surface area contributed by atoms with E-state index in [0.717, 1.165) is 37.1 Å². The molecule has 1 fully saturated rings. The van der Waals surface area contributed by atoms with Gasteiger partial charge in [-0.2, -0.15) is 0 Å². The minimum absolute atomic E-state index is 0.149. The summed E-state index contributed by atoms with van der Waals surface area (Å²) in [5.74, 6) is 5.71. The van der Waals surface area contributed by atoms with Crippen LogP contribution in [0.1, 0.15) is 12.5 Å². The highest BCUT2D eigenvalue weighted by atomic mass is 79.9. The van der Waals surface area contributed by atoms with Crippen LogP contribution in [-0.4, -0.2) is 43.3 Å². The number of likely N-dealkylation sites (N-methyl/N-ethyl adjacent to an activating group) is 1. The van der Waals surface area contributed by atoms with Crippen molar-refractivity contribution in [2.24, 2.45) is 5.84 Å². The topological polar surface area (TPSA) is 50.5 Å². The van der Waals surface area contributed by atoms with Crippen LogP contribution in [-0.2, 0) is 11.2 Å². The minimum atomic E-state index is 0.149. The van der Waals surface area contributed by atoms with Crippen molar-refractivity contribution in [1.82, 2.24) is 10.3 Å². The molecule has 1 aliphatic rings. The Morgan fingerprint density at radius 3 is 2.84 bits per heavy atom. The third-order valence-corrected chi connectivity index (χ3v) is 4.19. The summed E-state index contributed by atoms with van der Waals surface area (Å²) in [5, 5.41) is 0. The fraction of sp³-hybridized carbons (Fsp3) is 0.571. The Morgan fingerprint density at radius 1 is 1.47 bits per heavy atom. The molecule has 4 nitrogen and oxygen atoms in total. The second kappa shape index (κ2) is 7.36. The van der Waals surface area contributed by atoms with Crippen molar-refractivity contribution in [2.45, 2.75) is 25.5 Å². The highest BCUT2D eigenvalue weighted by Gasteiger charge is 2.26. The molecule has 3 N–H and O–H groups in total. The molecule has 0 bridgehead atoms. The number of nitrogens with one attached hydrogen (secondary N) is 1. The van der Waals surface area contributed by atoms with Gasteiger partial charge in [0.1, 0.15) is 0 Å². The van der Waals surface area contributed by atoms with Crippen LogP contribution in [0.4, 0.5) is 0 Å². The second-order valence-corrected chi connectivity index (χ2v) is 5.82. The molecule has 0 saturated carbocycles. The molecule has 0 aliphatic carbocycles. The van der Waals surface area contributed by atoms with Gasteiger partial charge in [-0.1, -0.05) is 35.0 Å². The number of nitrogens with zero attached hydrogens (tertiary/aromatic N) is 1. The highest BCUT2D eigenvalue weighted by molar-refractivity contribution is 9.10. The van der Waals surface area contributed by atoms with Crippen LogP contribution in [0.2, 0.25) is 0 Å². The Balaban J connectivity index is 1.97. The molecule has 1 aliphatic heterocycles. The summed E-state index contributed by atoms with van der Waals surface area (Å²) in [6, 6.07) is 8.51. The average Bonchev–Trinajstić information content (AvgIpc) is 2.46. The molecule has 0 radical (unpaired) electrons. The Bertz CT molecular complexity index is 385. The van der Waals surface area contributed by atoms with Gasteiger partial charge < -0.3 is 4.74 Å². The zero-order chi connectivity index (χ0) is 13.7. The number of hydrogen-bond acceptors (Lipinski definition) is 4. The van der Waals surface area contributed by atoms with Crippen LogP contribution in [0.3, 0.4) is 0 Å². The summed E-state index contributed by atoms with van der Waals surface area (Å²) in [5.41, 5.74) is 4.18. The van der Waals surface area contributed by atoms with Gasteiger partial charge in [0.15, 0.2) is 0 Å². The van der Waals surface area contributed by atoms with E-state index in [1.54, 1.807) is 0 Å². The molecule has 1 aromatic carbocycles. The maximum atomic E-state index is 5.87. The van der Waals surface area contributed by atoms with Crippen molar-refractivity contribution in [3.05, 3.63) is 34.3 Å². The number of nitrogens with two attached hydrogens (primary N) is 1. The fourth-order valence-electron chi connectivity index (χ4n) is 2.43. The molecule has 0 spiro atoms. The van der Waals surface area contributed by atoms with E-state index in [2.05, 4.69) is 57.4 Å². The standard InChI is InChI=1S/C14H22BrN3O/c1-2-18-7-8-19-14(10-18)13(17-16)9-11-3-5-12(15)6-4-11/h3-6,13-14,17H,2,7-10,16H2,1H3.